The molecule has 0 aliphatic rings. The van der Waals surface area contributed by atoms with Crippen molar-refractivity contribution in [3.63, 3.8) is 0 Å². The molecule has 0 fully saturated rings. The Kier molecular flexibility index (Phi) is 5.20. The van der Waals surface area contributed by atoms with Gasteiger partial charge in [-0.2, -0.15) is 0 Å². The van der Waals surface area contributed by atoms with Crippen LogP contribution < -0.4 is 5.32 Å². The second-order valence-corrected chi connectivity index (χ2v) is 7.33. The number of carbonyl (C=O) groups excluding carboxylic acids is 1. The molecule has 0 aliphatic carbocycles. The van der Waals surface area contributed by atoms with E-state index in [9.17, 15) is 9.18 Å². The summed E-state index contributed by atoms with van der Waals surface area (Å²) in [6.45, 7) is 0. The van der Waals surface area contributed by atoms with Gasteiger partial charge in [0, 0.05) is 15.4 Å². The third kappa shape index (κ3) is 3.78. The maximum atomic E-state index is 13.8. The summed E-state index contributed by atoms with van der Waals surface area (Å²) in [4.78, 5) is 16.5. The predicted molar refractivity (Wildman–Crippen MR) is 99.6 cm³/mol. The summed E-state index contributed by atoms with van der Waals surface area (Å²) in [6.07, 6.45) is 0. The van der Waals surface area contributed by atoms with E-state index in [-0.39, 0.29) is 5.56 Å². The minimum absolute atomic E-state index is 0.0514. The van der Waals surface area contributed by atoms with Gasteiger partial charge in [-0.15, -0.1) is 11.3 Å². The average Bonchev–Trinajstić information content (AvgIpc) is 2.98. The van der Waals surface area contributed by atoms with Crippen LogP contribution in [0.1, 0.15) is 10.4 Å². The van der Waals surface area contributed by atoms with E-state index in [1.54, 1.807) is 29.6 Å². The second kappa shape index (κ2) is 7.19. The van der Waals surface area contributed by atoms with Crippen LogP contribution in [0.15, 0.2) is 46.3 Å². The Morgan fingerprint density at radius 2 is 1.96 bits per heavy atom. The van der Waals surface area contributed by atoms with E-state index in [2.05, 4.69) is 26.2 Å². The highest BCUT2D eigenvalue weighted by Crippen LogP contribution is 2.30. The number of carbonyl (C=O) groups is 1. The normalized spacial score (nSPS) is 10.7. The van der Waals surface area contributed by atoms with E-state index in [0.29, 0.717) is 25.3 Å². The van der Waals surface area contributed by atoms with Crippen molar-refractivity contribution in [3.05, 3.63) is 67.7 Å². The zero-order chi connectivity index (χ0) is 17.3. The van der Waals surface area contributed by atoms with Crippen molar-refractivity contribution in [2.75, 3.05) is 5.32 Å². The molecule has 0 saturated heterocycles. The van der Waals surface area contributed by atoms with Gasteiger partial charge in [-0.3, -0.25) is 10.1 Å². The topological polar surface area (TPSA) is 42.0 Å². The Morgan fingerprint density at radius 3 is 2.67 bits per heavy atom. The zero-order valence-corrected chi connectivity index (χ0v) is 15.7. The molecule has 2 aromatic carbocycles. The number of nitrogens with zero attached hydrogens (tertiary/aromatic N) is 1. The standard InChI is InChI=1S/C16H8BrCl2FN2OS/c17-9-2-3-10(13(20)6-9)15(23)22-16-21-14(7-24-16)8-1-4-11(18)12(19)5-8/h1-7H,(H,21,22,23). The van der Waals surface area contributed by atoms with E-state index < -0.39 is 11.7 Å². The van der Waals surface area contributed by atoms with E-state index in [1.807, 2.05) is 0 Å². The Hall–Kier alpha value is -1.47. The van der Waals surface area contributed by atoms with Crippen molar-refractivity contribution in [2.24, 2.45) is 0 Å². The fraction of sp³-hybridized carbons (Fsp3) is 0. The number of rotatable bonds is 3. The quantitative estimate of drug-likeness (QED) is 0.516. The molecule has 1 aromatic heterocycles. The molecule has 122 valence electrons. The van der Waals surface area contributed by atoms with Crippen molar-refractivity contribution < 1.29 is 9.18 Å². The number of hydrogen-bond acceptors (Lipinski definition) is 3. The van der Waals surface area contributed by atoms with Gasteiger partial charge >= 0.3 is 0 Å². The molecular formula is C16H8BrCl2FN2OS. The van der Waals surface area contributed by atoms with Crippen molar-refractivity contribution >= 4 is 61.5 Å². The van der Waals surface area contributed by atoms with Gasteiger partial charge in [0.1, 0.15) is 5.82 Å². The lowest BCUT2D eigenvalue weighted by molar-refractivity contribution is 0.102. The Morgan fingerprint density at radius 1 is 1.17 bits per heavy atom. The molecule has 0 aliphatic heterocycles. The summed E-state index contributed by atoms with van der Waals surface area (Å²) in [5.41, 5.74) is 1.37. The molecule has 1 amide bonds. The van der Waals surface area contributed by atoms with Crippen molar-refractivity contribution in [2.45, 2.75) is 0 Å². The minimum atomic E-state index is -0.608. The lowest BCUT2D eigenvalue weighted by Gasteiger charge is -2.03. The molecule has 0 unspecified atom stereocenters. The first kappa shape index (κ1) is 17.4. The van der Waals surface area contributed by atoms with Gasteiger partial charge in [-0.05, 0) is 30.3 Å². The Bertz CT molecular complexity index is 932. The fourth-order valence-corrected chi connectivity index (χ4v) is 3.30. The molecule has 0 bridgehead atoms. The molecule has 1 N–H and O–H groups in total. The molecule has 3 nitrogen and oxygen atoms in total. The average molecular weight is 446 g/mol. The van der Waals surface area contributed by atoms with Gasteiger partial charge in [0.15, 0.2) is 5.13 Å². The minimum Gasteiger partial charge on any atom is -0.298 e. The number of anilines is 1. The van der Waals surface area contributed by atoms with Gasteiger partial charge < -0.3 is 0 Å². The van der Waals surface area contributed by atoms with Crippen LogP contribution in [0.25, 0.3) is 11.3 Å². The molecular weight excluding hydrogens is 438 g/mol. The van der Waals surface area contributed by atoms with E-state index >= 15 is 0 Å². The highest BCUT2D eigenvalue weighted by atomic mass is 79.9. The summed E-state index contributed by atoms with van der Waals surface area (Å²) in [5, 5.41) is 5.60. The van der Waals surface area contributed by atoms with E-state index in [0.717, 1.165) is 5.56 Å². The Labute approximate surface area is 159 Å². The number of nitrogens with one attached hydrogen (secondary N) is 1. The molecule has 0 atom stereocenters. The third-order valence-corrected chi connectivity index (χ3v) is 5.11. The summed E-state index contributed by atoms with van der Waals surface area (Å²) in [5.74, 6) is -1.17. The highest BCUT2D eigenvalue weighted by Gasteiger charge is 2.14. The first-order valence-corrected chi connectivity index (χ1v) is 9.04. The van der Waals surface area contributed by atoms with Gasteiger partial charge in [0.05, 0.1) is 21.3 Å². The highest BCUT2D eigenvalue weighted by molar-refractivity contribution is 9.10. The van der Waals surface area contributed by atoms with Crippen LogP contribution in [-0.2, 0) is 0 Å². The number of aromatic nitrogens is 1. The predicted octanol–water partition coefficient (Wildman–Crippen LogP) is 6.27. The van der Waals surface area contributed by atoms with Crippen LogP contribution >= 0.6 is 50.5 Å². The molecule has 3 aromatic rings. The second-order valence-electron chi connectivity index (χ2n) is 4.75. The van der Waals surface area contributed by atoms with Crippen molar-refractivity contribution in [3.8, 4) is 11.3 Å². The van der Waals surface area contributed by atoms with Crippen molar-refractivity contribution in [1.29, 1.82) is 0 Å². The molecule has 0 radical (unpaired) electrons. The molecule has 1 heterocycles. The third-order valence-electron chi connectivity index (χ3n) is 3.12. The van der Waals surface area contributed by atoms with Crippen LogP contribution in [0.4, 0.5) is 9.52 Å². The van der Waals surface area contributed by atoms with Crippen LogP contribution in [0.5, 0.6) is 0 Å². The van der Waals surface area contributed by atoms with Crippen LogP contribution in [-0.4, -0.2) is 10.9 Å². The number of halogens is 4. The SMILES string of the molecule is O=C(Nc1nc(-c2ccc(Cl)c(Cl)c2)cs1)c1ccc(Br)cc1F. The molecule has 3 rings (SSSR count). The Balaban J connectivity index is 1.80. The lowest BCUT2D eigenvalue weighted by atomic mass is 10.2. The first-order chi connectivity index (χ1) is 11.4. The van der Waals surface area contributed by atoms with Gasteiger partial charge in [0.25, 0.3) is 5.91 Å². The summed E-state index contributed by atoms with van der Waals surface area (Å²) < 4.78 is 14.4. The van der Waals surface area contributed by atoms with Crippen LogP contribution in [0.2, 0.25) is 10.0 Å². The van der Waals surface area contributed by atoms with Crippen molar-refractivity contribution in [1.82, 2.24) is 4.98 Å². The lowest BCUT2D eigenvalue weighted by Crippen LogP contribution is -2.13. The monoisotopic (exact) mass is 444 g/mol. The zero-order valence-electron chi connectivity index (χ0n) is 11.8. The smallest absolute Gasteiger partial charge is 0.260 e. The van der Waals surface area contributed by atoms with Crippen LogP contribution in [0.3, 0.4) is 0 Å². The van der Waals surface area contributed by atoms with Gasteiger partial charge in [0.2, 0.25) is 0 Å². The summed E-state index contributed by atoms with van der Waals surface area (Å²) in [6, 6.07) is 9.39. The number of amides is 1. The number of hydrogen-bond donors (Lipinski definition) is 1. The van der Waals surface area contributed by atoms with Gasteiger partial charge in [-0.1, -0.05) is 45.2 Å². The fourth-order valence-electron chi connectivity index (χ4n) is 1.96. The number of thiazole rings is 1. The first-order valence-electron chi connectivity index (χ1n) is 6.61. The molecule has 8 heteroatoms. The summed E-state index contributed by atoms with van der Waals surface area (Å²) in [7, 11) is 0. The number of benzene rings is 2. The maximum absolute atomic E-state index is 13.8. The van der Waals surface area contributed by atoms with Gasteiger partial charge in [-0.25, -0.2) is 9.37 Å². The van der Waals surface area contributed by atoms with E-state index in [1.165, 1.54) is 23.5 Å². The summed E-state index contributed by atoms with van der Waals surface area (Å²) >= 11 is 16.3. The largest absolute Gasteiger partial charge is 0.298 e. The maximum Gasteiger partial charge on any atom is 0.260 e. The molecule has 0 saturated carbocycles. The molecule has 24 heavy (non-hydrogen) atoms. The van der Waals surface area contributed by atoms with E-state index in [4.69, 9.17) is 23.2 Å². The molecule has 0 spiro atoms. The van der Waals surface area contributed by atoms with Crippen LogP contribution in [0, 0.1) is 5.82 Å².